The van der Waals surface area contributed by atoms with Crippen LogP contribution in [0.2, 0.25) is 0 Å². The maximum Gasteiger partial charge on any atom is 0.265 e. The smallest absolute Gasteiger partial charge is 0.265 e. The van der Waals surface area contributed by atoms with Crippen LogP contribution >= 0.6 is 0 Å². The summed E-state index contributed by atoms with van der Waals surface area (Å²) in [5, 5.41) is 2.87. The van der Waals surface area contributed by atoms with Gasteiger partial charge in [-0.25, -0.2) is 0 Å². The summed E-state index contributed by atoms with van der Waals surface area (Å²) in [4.78, 5) is 12.1. The molecule has 0 aliphatic rings. The number of para-hydroxylation sites is 1. The first kappa shape index (κ1) is 15.1. The zero-order chi connectivity index (χ0) is 15.1. The predicted molar refractivity (Wildman–Crippen MR) is 85.6 cm³/mol. The third-order valence-electron chi connectivity index (χ3n) is 3.19. The van der Waals surface area contributed by atoms with Crippen molar-refractivity contribution in [2.45, 2.75) is 32.8 Å². The van der Waals surface area contributed by atoms with Gasteiger partial charge in [0.25, 0.3) is 5.91 Å². The molecule has 0 aliphatic carbocycles. The van der Waals surface area contributed by atoms with Crippen LogP contribution < -0.4 is 10.1 Å². The lowest BCUT2D eigenvalue weighted by Crippen LogP contribution is -2.30. The van der Waals surface area contributed by atoms with Gasteiger partial charge in [-0.05, 0) is 43.2 Å². The first-order valence-electron chi connectivity index (χ1n) is 7.30. The zero-order valence-corrected chi connectivity index (χ0v) is 12.5. The maximum absolute atomic E-state index is 12.1. The number of hydrogen-bond acceptors (Lipinski definition) is 2. The molecule has 0 fully saturated rings. The molecular weight excluding hydrogens is 262 g/mol. The first-order chi connectivity index (χ1) is 10.2. The topological polar surface area (TPSA) is 38.3 Å². The average Bonchev–Trinajstić information content (AvgIpc) is 2.50. The van der Waals surface area contributed by atoms with Crippen molar-refractivity contribution in [3.8, 4) is 5.75 Å². The van der Waals surface area contributed by atoms with E-state index in [1.165, 1.54) is 5.56 Å². The van der Waals surface area contributed by atoms with E-state index in [1.54, 1.807) is 6.92 Å². The lowest BCUT2D eigenvalue weighted by atomic mass is 10.1. The Morgan fingerprint density at radius 1 is 1.10 bits per heavy atom. The van der Waals surface area contributed by atoms with Crippen molar-refractivity contribution in [2.75, 3.05) is 5.32 Å². The maximum atomic E-state index is 12.1. The van der Waals surface area contributed by atoms with E-state index in [4.69, 9.17) is 4.74 Å². The van der Waals surface area contributed by atoms with E-state index in [0.29, 0.717) is 5.75 Å². The molecule has 2 aromatic carbocycles. The Balaban J connectivity index is 1.91. The van der Waals surface area contributed by atoms with E-state index in [-0.39, 0.29) is 5.91 Å². The fourth-order valence-electron chi connectivity index (χ4n) is 2.04. The fourth-order valence-corrected chi connectivity index (χ4v) is 2.04. The number of rotatable bonds is 6. The van der Waals surface area contributed by atoms with Gasteiger partial charge in [-0.2, -0.15) is 0 Å². The van der Waals surface area contributed by atoms with Gasteiger partial charge in [0.1, 0.15) is 5.75 Å². The molecule has 0 heterocycles. The molecule has 0 aromatic heterocycles. The Labute approximate surface area is 126 Å². The number of carbonyl (C=O) groups excluding carboxylic acids is 1. The minimum Gasteiger partial charge on any atom is -0.481 e. The lowest BCUT2D eigenvalue weighted by molar-refractivity contribution is -0.122. The van der Waals surface area contributed by atoms with Crippen molar-refractivity contribution in [3.05, 3.63) is 60.2 Å². The van der Waals surface area contributed by atoms with Crippen molar-refractivity contribution >= 4 is 11.6 Å². The van der Waals surface area contributed by atoms with Crippen molar-refractivity contribution < 1.29 is 9.53 Å². The van der Waals surface area contributed by atoms with Crippen LogP contribution in [0.25, 0.3) is 0 Å². The lowest BCUT2D eigenvalue weighted by Gasteiger charge is -2.14. The molecule has 2 aromatic rings. The number of benzene rings is 2. The number of aryl methyl sites for hydroxylation is 1. The number of hydrogen-bond donors (Lipinski definition) is 1. The van der Waals surface area contributed by atoms with Crippen LogP contribution in [0, 0.1) is 0 Å². The number of amides is 1. The van der Waals surface area contributed by atoms with Gasteiger partial charge < -0.3 is 10.1 Å². The van der Waals surface area contributed by atoms with E-state index in [9.17, 15) is 4.79 Å². The Bertz CT molecular complexity index is 564. The summed E-state index contributed by atoms with van der Waals surface area (Å²) < 4.78 is 5.60. The van der Waals surface area contributed by atoms with Crippen molar-refractivity contribution in [1.82, 2.24) is 0 Å². The van der Waals surface area contributed by atoms with Gasteiger partial charge in [-0.1, -0.05) is 43.7 Å². The molecule has 0 saturated carbocycles. The van der Waals surface area contributed by atoms with Crippen LogP contribution in [-0.4, -0.2) is 12.0 Å². The van der Waals surface area contributed by atoms with E-state index in [2.05, 4.69) is 12.2 Å². The quantitative estimate of drug-likeness (QED) is 0.868. The number of anilines is 1. The molecule has 2 rings (SSSR count). The highest BCUT2D eigenvalue weighted by molar-refractivity contribution is 5.94. The SMILES string of the molecule is CCCc1ccc(NC(=O)C(C)Oc2ccccc2)cc1. The van der Waals surface area contributed by atoms with Crippen LogP contribution in [0.3, 0.4) is 0 Å². The van der Waals surface area contributed by atoms with Crippen LogP contribution in [0.4, 0.5) is 5.69 Å². The molecular formula is C18H21NO2. The van der Waals surface area contributed by atoms with Crippen LogP contribution in [0.1, 0.15) is 25.8 Å². The molecule has 0 aliphatic heterocycles. The third kappa shape index (κ3) is 4.63. The molecule has 110 valence electrons. The minimum atomic E-state index is -0.539. The van der Waals surface area contributed by atoms with E-state index >= 15 is 0 Å². The van der Waals surface area contributed by atoms with Gasteiger partial charge in [0.15, 0.2) is 6.10 Å². The van der Waals surface area contributed by atoms with Gasteiger partial charge in [-0.3, -0.25) is 4.79 Å². The first-order valence-corrected chi connectivity index (χ1v) is 7.30. The van der Waals surface area contributed by atoms with E-state index < -0.39 is 6.10 Å². The summed E-state index contributed by atoms with van der Waals surface area (Å²) in [6, 6.07) is 17.3. The van der Waals surface area contributed by atoms with Crippen molar-refractivity contribution in [3.63, 3.8) is 0 Å². The van der Waals surface area contributed by atoms with Gasteiger partial charge in [0.05, 0.1) is 0 Å². The largest absolute Gasteiger partial charge is 0.481 e. The summed E-state index contributed by atoms with van der Waals surface area (Å²) in [5.41, 5.74) is 2.08. The molecule has 3 nitrogen and oxygen atoms in total. The standard InChI is InChI=1S/C18H21NO2/c1-3-7-15-10-12-16(13-11-15)19-18(20)14(2)21-17-8-5-4-6-9-17/h4-6,8-14H,3,7H2,1-2H3,(H,19,20). The van der Waals surface area contributed by atoms with Crippen molar-refractivity contribution in [1.29, 1.82) is 0 Å². The van der Waals surface area contributed by atoms with Crippen LogP contribution in [0.5, 0.6) is 5.75 Å². The van der Waals surface area contributed by atoms with E-state index in [1.807, 2.05) is 54.6 Å². The van der Waals surface area contributed by atoms with Gasteiger partial charge in [0.2, 0.25) is 0 Å². The number of carbonyl (C=O) groups is 1. The Hall–Kier alpha value is -2.29. The summed E-state index contributed by atoms with van der Waals surface area (Å²) in [7, 11) is 0. The molecule has 21 heavy (non-hydrogen) atoms. The average molecular weight is 283 g/mol. The minimum absolute atomic E-state index is 0.151. The Morgan fingerprint density at radius 3 is 2.38 bits per heavy atom. The second kappa shape index (κ2) is 7.48. The predicted octanol–water partition coefficient (Wildman–Crippen LogP) is 4.05. The highest BCUT2D eigenvalue weighted by Gasteiger charge is 2.14. The molecule has 0 bridgehead atoms. The monoisotopic (exact) mass is 283 g/mol. The van der Waals surface area contributed by atoms with Gasteiger partial charge >= 0.3 is 0 Å². The third-order valence-corrected chi connectivity index (χ3v) is 3.19. The van der Waals surface area contributed by atoms with Crippen molar-refractivity contribution in [2.24, 2.45) is 0 Å². The normalized spacial score (nSPS) is 11.7. The number of nitrogens with one attached hydrogen (secondary N) is 1. The molecule has 1 atom stereocenters. The van der Waals surface area contributed by atoms with Gasteiger partial charge in [-0.15, -0.1) is 0 Å². The molecule has 0 saturated heterocycles. The van der Waals surface area contributed by atoms with Crippen LogP contribution in [0.15, 0.2) is 54.6 Å². The molecule has 1 amide bonds. The van der Waals surface area contributed by atoms with Gasteiger partial charge in [0, 0.05) is 5.69 Å². The second-order valence-corrected chi connectivity index (χ2v) is 5.01. The fraction of sp³-hybridized carbons (Fsp3) is 0.278. The zero-order valence-electron chi connectivity index (χ0n) is 12.5. The second-order valence-electron chi connectivity index (χ2n) is 5.01. The molecule has 0 spiro atoms. The Morgan fingerprint density at radius 2 is 1.76 bits per heavy atom. The summed E-state index contributed by atoms with van der Waals surface area (Å²) in [6.45, 7) is 3.89. The highest BCUT2D eigenvalue weighted by atomic mass is 16.5. The Kier molecular flexibility index (Phi) is 5.38. The molecule has 1 N–H and O–H groups in total. The summed E-state index contributed by atoms with van der Waals surface area (Å²) >= 11 is 0. The number of ether oxygens (including phenoxy) is 1. The molecule has 0 radical (unpaired) electrons. The molecule has 1 unspecified atom stereocenters. The summed E-state index contributed by atoms with van der Waals surface area (Å²) in [5.74, 6) is 0.542. The highest BCUT2D eigenvalue weighted by Crippen LogP contribution is 2.14. The van der Waals surface area contributed by atoms with E-state index in [0.717, 1.165) is 18.5 Å². The molecule has 3 heteroatoms. The summed E-state index contributed by atoms with van der Waals surface area (Å²) in [6.07, 6.45) is 1.64. The van der Waals surface area contributed by atoms with Crippen LogP contribution in [-0.2, 0) is 11.2 Å².